The molecule has 0 saturated heterocycles. The summed E-state index contributed by atoms with van der Waals surface area (Å²) in [5, 5.41) is 13.9. The fraction of sp³-hybridized carbons (Fsp3) is 0.438. The van der Waals surface area contributed by atoms with E-state index >= 15 is 0 Å². The highest BCUT2D eigenvalue weighted by Gasteiger charge is 2.33. The maximum atomic E-state index is 12.7. The second kappa shape index (κ2) is 6.85. The minimum Gasteiger partial charge on any atom is -0.450 e. The Morgan fingerprint density at radius 1 is 1.32 bits per heavy atom. The van der Waals surface area contributed by atoms with Gasteiger partial charge in [-0.3, -0.25) is 0 Å². The second-order valence-corrected chi connectivity index (χ2v) is 5.73. The summed E-state index contributed by atoms with van der Waals surface area (Å²) in [5.41, 5.74) is -0.0909. The van der Waals surface area contributed by atoms with E-state index in [1.54, 1.807) is 6.07 Å². The average Bonchev–Trinajstić information content (AvgIpc) is 2.37. The lowest BCUT2D eigenvalue weighted by Crippen LogP contribution is -2.25. The quantitative estimate of drug-likeness (QED) is 0.703. The van der Waals surface area contributed by atoms with Gasteiger partial charge in [0.15, 0.2) is 0 Å². The summed E-state index contributed by atoms with van der Waals surface area (Å²) in [6, 6.07) is 5.69. The molecule has 2 N–H and O–H groups in total. The van der Waals surface area contributed by atoms with Gasteiger partial charge >= 0.3 is 12.3 Å². The van der Waals surface area contributed by atoms with Gasteiger partial charge in [-0.05, 0) is 30.4 Å². The van der Waals surface area contributed by atoms with Gasteiger partial charge in [-0.25, -0.2) is 4.79 Å². The molecule has 22 heavy (non-hydrogen) atoms. The van der Waals surface area contributed by atoms with Crippen molar-refractivity contribution in [2.45, 2.75) is 38.3 Å². The Balaban J connectivity index is 0.000000541. The first-order valence-corrected chi connectivity index (χ1v) is 6.82. The van der Waals surface area contributed by atoms with Crippen molar-refractivity contribution in [1.82, 2.24) is 0 Å². The number of hydrogen-bond acceptors (Lipinski definition) is 1. The molecular weight excluding hydrogens is 297 g/mol. The first-order valence-electron chi connectivity index (χ1n) is 6.82. The van der Waals surface area contributed by atoms with Gasteiger partial charge in [0.25, 0.3) is 0 Å². The molecule has 1 aliphatic carbocycles. The fourth-order valence-corrected chi connectivity index (χ4v) is 2.70. The number of allylic oxidation sites excluding steroid dienone is 2. The highest BCUT2D eigenvalue weighted by Crippen LogP contribution is 2.39. The summed E-state index contributed by atoms with van der Waals surface area (Å²) in [7, 11) is 0. The predicted octanol–water partition coefficient (Wildman–Crippen LogP) is 5.17. The Labute approximate surface area is 127 Å². The fourth-order valence-electron chi connectivity index (χ4n) is 2.70. The molecular formula is C16H19F3O3. The molecule has 6 heteroatoms. The number of benzene rings is 1. The van der Waals surface area contributed by atoms with Crippen molar-refractivity contribution in [3.8, 4) is 0 Å². The zero-order chi connectivity index (χ0) is 17.0. The monoisotopic (exact) mass is 316 g/mol. The van der Waals surface area contributed by atoms with E-state index < -0.39 is 17.9 Å². The molecule has 1 aromatic rings. The van der Waals surface area contributed by atoms with Gasteiger partial charge in [-0.1, -0.05) is 44.2 Å². The number of rotatable bonds is 1. The van der Waals surface area contributed by atoms with E-state index in [1.165, 1.54) is 12.1 Å². The van der Waals surface area contributed by atoms with Gasteiger partial charge in [-0.2, -0.15) is 13.2 Å². The standard InChI is InChI=1S/C15H17F3.CH2O3/c1-11-5-4-8-14(2,10-11)12-6-3-7-13(9-12)15(16,17)18;2-1(3)4/h3-4,6-9,11H,5,10H2,1-2H3;(H2,2,3,4). The van der Waals surface area contributed by atoms with Gasteiger partial charge in [-0.15, -0.1) is 0 Å². The van der Waals surface area contributed by atoms with Gasteiger partial charge in [0.1, 0.15) is 0 Å². The molecule has 3 nitrogen and oxygen atoms in total. The molecule has 1 aromatic carbocycles. The number of carboxylic acid groups (broad SMARTS) is 2. The van der Waals surface area contributed by atoms with Crippen LogP contribution in [0, 0.1) is 5.92 Å². The molecule has 2 unspecified atom stereocenters. The lowest BCUT2D eigenvalue weighted by Gasteiger charge is -2.33. The van der Waals surface area contributed by atoms with Crippen molar-refractivity contribution in [3.63, 3.8) is 0 Å². The number of alkyl halides is 3. The molecule has 0 heterocycles. The minimum absolute atomic E-state index is 0.279. The lowest BCUT2D eigenvalue weighted by molar-refractivity contribution is -0.137. The van der Waals surface area contributed by atoms with Crippen LogP contribution in [-0.4, -0.2) is 16.4 Å². The van der Waals surface area contributed by atoms with Gasteiger partial charge in [0.2, 0.25) is 0 Å². The van der Waals surface area contributed by atoms with Crippen LogP contribution in [0.3, 0.4) is 0 Å². The van der Waals surface area contributed by atoms with Gasteiger partial charge in [0, 0.05) is 5.41 Å². The molecule has 0 bridgehead atoms. The third-order valence-electron chi connectivity index (χ3n) is 3.65. The van der Waals surface area contributed by atoms with Crippen LogP contribution in [0.5, 0.6) is 0 Å². The maximum Gasteiger partial charge on any atom is 0.503 e. The third kappa shape index (κ3) is 5.09. The van der Waals surface area contributed by atoms with Crippen molar-refractivity contribution in [2.24, 2.45) is 5.92 Å². The highest BCUT2D eigenvalue weighted by molar-refractivity contribution is 5.53. The van der Waals surface area contributed by atoms with E-state index in [2.05, 4.69) is 13.0 Å². The molecule has 2 rings (SSSR count). The van der Waals surface area contributed by atoms with Crippen LogP contribution in [-0.2, 0) is 11.6 Å². The van der Waals surface area contributed by atoms with Crippen LogP contribution < -0.4 is 0 Å². The van der Waals surface area contributed by atoms with Crippen LogP contribution in [0.1, 0.15) is 37.8 Å². The zero-order valence-electron chi connectivity index (χ0n) is 12.4. The SMILES string of the molecule is CC1CC=CC(C)(c2cccc(C(F)(F)F)c2)C1.O=C(O)O. The summed E-state index contributed by atoms with van der Waals surface area (Å²) in [5.74, 6) is 0.509. The molecule has 0 aromatic heterocycles. The van der Waals surface area contributed by atoms with E-state index in [1.807, 2.05) is 13.0 Å². The summed E-state index contributed by atoms with van der Waals surface area (Å²) in [6.07, 6.45) is -0.0767. The Morgan fingerprint density at radius 2 is 1.91 bits per heavy atom. The van der Waals surface area contributed by atoms with E-state index in [0.29, 0.717) is 5.92 Å². The van der Waals surface area contributed by atoms with E-state index in [0.717, 1.165) is 24.5 Å². The Bertz CT molecular complexity index is 548. The lowest BCUT2D eigenvalue weighted by atomic mass is 9.71. The van der Waals surface area contributed by atoms with Crippen LogP contribution in [0.2, 0.25) is 0 Å². The summed E-state index contributed by atoms with van der Waals surface area (Å²) < 4.78 is 38.2. The predicted molar refractivity (Wildman–Crippen MR) is 77.0 cm³/mol. The van der Waals surface area contributed by atoms with E-state index in [-0.39, 0.29) is 5.41 Å². The largest absolute Gasteiger partial charge is 0.503 e. The molecule has 1 aliphatic rings. The average molecular weight is 316 g/mol. The van der Waals surface area contributed by atoms with Crippen molar-refractivity contribution in [1.29, 1.82) is 0 Å². The molecule has 0 radical (unpaired) electrons. The Morgan fingerprint density at radius 3 is 2.41 bits per heavy atom. The van der Waals surface area contributed by atoms with Gasteiger partial charge in [0.05, 0.1) is 5.56 Å². The Hall–Kier alpha value is -1.98. The normalized spacial score (nSPS) is 24.3. The minimum atomic E-state index is -4.27. The van der Waals surface area contributed by atoms with E-state index in [4.69, 9.17) is 15.0 Å². The molecule has 0 fully saturated rings. The van der Waals surface area contributed by atoms with Crippen LogP contribution in [0.25, 0.3) is 0 Å². The third-order valence-corrected chi connectivity index (χ3v) is 3.65. The molecule has 0 amide bonds. The van der Waals surface area contributed by atoms with Crippen LogP contribution in [0.15, 0.2) is 36.4 Å². The van der Waals surface area contributed by atoms with Crippen molar-refractivity contribution in [2.75, 3.05) is 0 Å². The van der Waals surface area contributed by atoms with Crippen LogP contribution in [0.4, 0.5) is 18.0 Å². The molecule has 0 saturated carbocycles. The first-order chi connectivity index (χ1) is 10.0. The van der Waals surface area contributed by atoms with Crippen LogP contribution >= 0.6 is 0 Å². The Kier molecular flexibility index (Phi) is 5.63. The summed E-state index contributed by atoms with van der Waals surface area (Å²) in [6.45, 7) is 4.14. The zero-order valence-corrected chi connectivity index (χ0v) is 12.4. The summed E-state index contributed by atoms with van der Waals surface area (Å²) >= 11 is 0. The highest BCUT2D eigenvalue weighted by atomic mass is 19.4. The van der Waals surface area contributed by atoms with Crippen molar-refractivity contribution >= 4 is 6.16 Å². The molecule has 0 spiro atoms. The van der Waals surface area contributed by atoms with Crippen molar-refractivity contribution < 1.29 is 28.2 Å². The molecule has 2 atom stereocenters. The first kappa shape index (κ1) is 18.1. The van der Waals surface area contributed by atoms with Crippen molar-refractivity contribution in [3.05, 3.63) is 47.5 Å². The number of halogens is 3. The number of hydrogen-bond donors (Lipinski definition) is 2. The smallest absolute Gasteiger partial charge is 0.450 e. The van der Waals surface area contributed by atoms with E-state index in [9.17, 15) is 13.2 Å². The summed E-state index contributed by atoms with van der Waals surface area (Å²) in [4.78, 5) is 8.56. The molecule has 0 aliphatic heterocycles. The topological polar surface area (TPSA) is 57.5 Å². The maximum absolute atomic E-state index is 12.7. The number of carbonyl (C=O) groups is 1. The molecule has 122 valence electrons. The van der Waals surface area contributed by atoms with Gasteiger partial charge < -0.3 is 10.2 Å². The second-order valence-electron chi connectivity index (χ2n) is 5.73.